The molecule has 4 aliphatic rings. The number of ether oxygens (including phenoxy) is 1. The van der Waals surface area contributed by atoms with Crippen LogP contribution >= 0.6 is 0 Å². The smallest absolute Gasteiger partial charge is 0.329 e. The lowest BCUT2D eigenvalue weighted by Crippen LogP contribution is -2.47. The summed E-state index contributed by atoms with van der Waals surface area (Å²) < 4.78 is 5.48. The van der Waals surface area contributed by atoms with Crippen LogP contribution in [0.15, 0.2) is 66.7 Å². The Balaban J connectivity index is 1.27. The quantitative estimate of drug-likeness (QED) is 0.327. The zero-order chi connectivity index (χ0) is 29.0. The van der Waals surface area contributed by atoms with E-state index in [4.69, 9.17) is 4.74 Å². The third-order valence-electron chi connectivity index (χ3n) is 8.85. The summed E-state index contributed by atoms with van der Waals surface area (Å²) in [7, 11) is 0. The molecule has 7 nitrogen and oxygen atoms in total. The summed E-state index contributed by atoms with van der Waals surface area (Å²) in [6, 6.07) is 20.7. The molecule has 3 aromatic carbocycles. The molecule has 1 N–H and O–H groups in total. The summed E-state index contributed by atoms with van der Waals surface area (Å²) in [5.41, 5.74) is 6.77. The number of nitrogens with one attached hydrogen (secondary N) is 1. The number of imide groups is 1. The molecule has 2 bridgehead atoms. The topological polar surface area (TPSA) is 92.8 Å². The van der Waals surface area contributed by atoms with Crippen molar-refractivity contribution in [2.75, 3.05) is 11.9 Å². The second kappa shape index (κ2) is 10.3. The number of amides is 3. The average molecular weight is 551 g/mol. The molecule has 0 spiro atoms. The number of esters is 1. The monoisotopic (exact) mass is 550 g/mol. The number of hydrogen-bond donors (Lipinski definition) is 1. The maximum absolute atomic E-state index is 14.2. The molecule has 1 saturated heterocycles. The largest absolute Gasteiger partial charge is 0.454 e. The summed E-state index contributed by atoms with van der Waals surface area (Å²) in [5, 5.41) is 2.82. The highest BCUT2D eigenvalue weighted by Crippen LogP contribution is 2.61. The first kappa shape index (κ1) is 26.9. The van der Waals surface area contributed by atoms with E-state index in [2.05, 4.69) is 5.32 Å². The normalized spacial score (nSPS) is 22.7. The molecule has 3 atom stereocenters. The van der Waals surface area contributed by atoms with E-state index < -0.39 is 36.4 Å². The Hall–Kier alpha value is -4.26. The van der Waals surface area contributed by atoms with Gasteiger partial charge >= 0.3 is 5.97 Å². The van der Waals surface area contributed by atoms with Crippen LogP contribution in [0, 0.1) is 31.6 Å². The Labute approximate surface area is 239 Å². The van der Waals surface area contributed by atoms with Crippen LogP contribution in [-0.2, 0) is 23.9 Å². The van der Waals surface area contributed by atoms with Crippen molar-refractivity contribution >= 4 is 29.4 Å². The zero-order valence-electron chi connectivity index (χ0n) is 23.7. The van der Waals surface area contributed by atoms with E-state index in [0.29, 0.717) is 5.69 Å². The van der Waals surface area contributed by atoms with Gasteiger partial charge in [-0.05, 0) is 59.6 Å². The third-order valence-corrected chi connectivity index (χ3v) is 8.85. The molecular formula is C34H34N2O5. The molecule has 0 unspecified atom stereocenters. The first-order valence-electron chi connectivity index (χ1n) is 14.3. The molecule has 1 aliphatic heterocycles. The van der Waals surface area contributed by atoms with Gasteiger partial charge < -0.3 is 10.1 Å². The van der Waals surface area contributed by atoms with E-state index in [1.165, 1.54) is 4.90 Å². The first-order valence-corrected chi connectivity index (χ1v) is 14.3. The SMILES string of the molecule is Cc1cccc(C)c1NC(=O)COC(=O)[C@H](CC(C)C)N1C(=O)[C@H]2C3c4ccccc4C(c4ccccc43)[C@@H]2C1=O. The van der Waals surface area contributed by atoms with Gasteiger partial charge in [-0.1, -0.05) is 80.6 Å². The molecule has 0 aromatic heterocycles. The lowest BCUT2D eigenvalue weighted by atomic mass is 9.55. The number of likely N-dealkylation sites (tertiary alicyclic amines) is 1. The minimum Gasteiger partial charge on any atom is -0.454 e. The maximum Gasteiger partial charge on any atom is 0.329 e. The summed E-state index contributed by atoms with van der Waals surface area (Å²) in [6.07, 6.45) is 0.253. The van der Waals surface area contributed by atoms with Gasteiger partial charge in [-0.3, -0.25) is 19.3 Å². The van der Waals surface area contributed by atoms with Gasteiger partial charge in [0.15, 0.2) is 6.61 Å². The van der Waals surface area contributed by atoms with Gasteiger partial charge in [0.05, 0.1) is 11.8 Å². The molecule has 3 amide bonds. The van der Waals surface area contributed by atoms with E-state index in [1.54, 1.807) is 0 Å². The highest BCUT2D eigenvalue weighted by atomic mass is 16.5. The fourth-order valence-corrected chi connectivity index (χ4v) is 7.18. The van der Waals surface area contributed by atoms with Gasteiger partial charge in [0.1, 0.15) is 6.04 Å². The van der Waals surface area contributed by atoms with Crippen molar-refractivity contribution in [3.63, 3.8) is 0 Å². The summed E-state index contributed by atoms with van der Waals surface area (Å²) in [5.74, 6) is -3.53. The number of carbonyl (C=O) groups excluding carboxylic acids is 4. The van der Waals surface area contributed by atoms with Gasteiger partial charge in [0.25, 0.3) is 5.91 Å². The highest BCUT2D eigenvalue weighted by molar-refractivity contribution is 6.10. The van der Waals surface area contributed by atoms with Gasteiger partial charge in [0, 0.05) is 17.5 Å². The average Bonchev–Trinajstić information content (AvgIpc) is 3.22. The van der Waals surface area contributed by atoms with Crippen LogP contribution in [0.1, 0.15) is 65.5 Å². The first-order chi connectivity index (χ1) is 19.7. The summed E-state index contributed by atoms with van der Waals surface area (Å²) in [6.45, 7) is 7.14. The van der Waals surface area contributed by atoms with Crippen molar-refractivity contribution in [2.24, 2.45) is 17.8 Å². The number of carbonyl (C=O) groups is 4. The van der Waals surface area contributed by atoms with Crippen LogP contribution in [0.3, 0.4) is 0 Å². The molecule has 1 fully saturated rings. The maximum atomic E-state index is 14.2. The van der Waals surface area contributed by atoms with Crippen LogP contribution in [0.5, 0.6) is 0 Å². The Morgan fingerprint density at radius 2 is 1.24 bits per heavy atom. The molecule has 3 aromatic rings. The van der Waals surface area contributed by atoms with E-state index in [9.17, 15) is 19.2 Å². The summed E-state index contributed by atoms with van der Waals surface area (Å²) >= 11 is 0. The highest BCUT2D eigenvalue weighted by Gasteiger charge is 2.63. The number of benzene rings is 3. The van der Waals surface area contributed by atoms with Crippen LogP contribution in [-0.4, -0.2) is 41.2 Å². The summed E-state index contributed by atoms with van der Waals surface area (Å²) in [4.78, 5) is 55.7. The predicted molar refractivity (Wildman–Crippen MR) is 154 cm³/mol. The minimum absolute atomic E-state index is 0.00494. The predicted octanol–water partition coefficient (Wildman–Crippen LogP) is 5.09. The number of anilines is 1. The lowest BCUT2D eigenvalue weighted by Gasteiger charge is -2.45. The number of aryl methyl sites for hydroxylation is 2. The molecular weight excluding hydrogens is 516 g/mol. The van der Waals surface area contributed by atoms with Crippen molar-refractivity contribution in [1.29, 1.82) is 0 Å². The van der Waals surface area contributed by atoms with Crippen LogP contribution < -0.4 is 5.32 Å². The molecule has 1 heterocycles. The van der Waals surface area contributed by atoms with Gasteiger partial charge in [0.2, 0.25) is 11.8 Å². The van der Waals surface area contributed by atoms with E-state index >= 15 is 0 Å². The fraction of sp³-hybridized carbons (Fsp3) is 0.353. The Bertz CT molecular complexity index is 1440. The molecule has 3 aliphatic carbocycles. The minimum atomic E-state index is -1.10. The van der Waals surface area contributed by atoms with Crippen LogP contribution in [0.4, 0.5) is 5.69 Å². The van der Waals surface area contributed by atoms with Crippen molar-refractivity contribution in [1.82, 2.24) is 4.90 Å². The molecule has 7 rings (SSSR count). The van der Waals surface area contributed by atoms with Crippen molar-refractivity contribution < 1.29 is 23.9 Å². The second-order valence-corrected chi connectivity index (χ2v) is 11.9. The Morgan fingerprint density at radius 3 is 1.68 bits per heavy atom. The number of rotatable bonds is 7. The number of nitrogens with zero attached hydrogens (tertiary/aromatic N) is 1. The molecule has 41 heavy (non-hydrogen) atoms. The number of hydrogen-bond acceptors (Lipinski definition) is 5. The molecule has 0 radical (unpaired) electrons. The van der Waals surface area contributed by atoms with Crippen molar-refractivity contribution in [2.45, 2.75) is 52.0 Å². The van der Waals surface area contributed by atoms with Crippen LogP contribution in [0.2, 0.25) is 0 Å². The van der Waals surface area contributed by atoms with Crippen molar-refractivity contribution in [3.8, 4) is 0 Å². The molecule has 7 heteroatoms. The van der Waals surface area contributed by atoms with E-state index in [-0.39, 0.29) is 36.0 Å². The third kappa shape index (κ3) is 4.35. The standard InChI is InChI=1S/C34H34N2O5/c1-18(2)16-25(34(40)41-17-26(37)35-31-19(3)10-9-11-20(31)4)36-32(38)29-27-21-12-5-6-13-22(21)28(30(29)33(36)39)24-15-8-7-14-23(24)27/h5-15,18,25,27-30H,16-17H2,1-4H3,(H,35,37)/t25-,27?,28?,29-,30-/m0/s1. The van der Waals surface area contributed by atoms with Gasteiger partial charge in [-0.25, -0.2) is 4.79 Å². The Morgan fingerprint density at radius 1 is 0.780 bits per heavy atom. The molecule has 210 valence electrons. The molecule has 0 saturated carbocycles. The number of para-hydroxylation sites is 1. The van der Waals surface area contributed by atoms with Crippen LogP contribution in [0.25, 0.3) is 0 Å². The van der Waals surface area contributed by atoms with Gasteiger partial charge in [-0.15, -0.1) is 0 Å². The fourth-order valence-electron chi connectivity index (χ4n) is 7.18. The van der Waals surface area contributed by atoms with E-state index in [0.717, 1.165) is 33.4 Å². The Kier molecular flexibility index (Phi) is 6.76. The van der Waals surface area contributed by atoms with E-state index in [1.807, 2.05) is 94.4 Å². The van der Waals surface area contributed by atoms with Crippen molar-refractivity contribution in [3.05, 3.63) is 100 Å². The lowest BCUT2D eigenvalue weighted by molar-refractivity contribution is -0.160. The zero-order valence-corrected chi connectivity index (χ0v) is 23.7. The van der Waals surface area contributed by atoms with Gasteiger partial charge in [-0.2, -0.15) is 0 Å². The second-order valence-electron chi connectivity index (χ2n) is 11.9.